The molecular formula is C12H15BrClNO4S. The molecule has 0 spiro atoms. The van der Waals surface area contributed by atoms with Crippen LogP contribution in [0.5, 0.6) is 0 Å². The summed E-state index contributed by atoms with van der Waals surface area (Å²) in [5.41, 5.74) is -0.269. The van der Waals surface area contributed by atoms with Crippen molar-refractivity contribution in [3.05, 3.63) is 16.5 Å². The summed E-state index contributed by atoms with van der Waals surface area (Å²) in [4.78, 5) is 11.9. The zero-order chi connectivity index (χ0) is 15.0. The van der Waals surface area contributed by atoms with Crippen molar-refractivity contribution in [1.29, 1.82) is 0 Å². The average Bonchev–Trinajstić information content (AvgIpc) is 2.71. The fraction of sp³-hybridized carbons (Fsp3) is 0.583. The van der Waals surface area contributed by atoms with Crippen molar-refractivity contribution in [3.63, 3.8) is 0 Å². The Labute approximate surface area is 130 Å². The summed E-state index contributed by atoms with van der Waals surface area (Å²) in [5.74, 6) is -0.496. The average molecular weight is 385 g/mol. The molecule has 0 saturated heterocycles. The van der Waals surface area contributed by atoms with Gasteiger partial charge in [-0.15, -0.1) is 0 Å². The number of carbonyl (C=O) groups excluding carboxylic acids is 1. The monoisotopic (exact) mass is 383 g/mol. The van der Waals surface area contributed by atoms with Gasteiger partial charge in [0.25, 0.3) is 15.0 Å². The van der Waals surface area contributed by atoms with E-state index in [1.165, 1.54) is 6.42 Å². The maximum Gasteiger partial charge on any atom is 0.287 e. The standard InChI is InChI=1S/C12H15BrClNO4S/c1-12(5-3-2-4-6-12)15-11(16)8-7-9(10(13)19-8)20(14,17)18/h7H,2-6H2,1H3,(H,15,16). The van der Waals surface area contributed by atoms with Crippen molar-refractivity contribution < 1.29 is 17.6 Å². The van der Waals surface area contributed by atoms with Crippen LogP contribution in [-0.2, 0) is 9.05 Å². The molecule has 0 aromatic carbocycles. The largest absolute Gasteiger partial charge is 0.443 e. The van der Waals surface area contributed by atoms with Crippen molar-refractivity contribution in [2.45, 2.75) is 49.5 Å². The second kappa shape index (κ2) is 5.69. The smallest absolute Gasteiger partial charge is 0.287 e. The molecule has 1 amide bonds. The Morgan fingerprint density at radius 1 is 1.40 bits per heavy atom. The van der Waals surface area contributed by atoms with Gasteiger partial charge in [-0.3, -0.25) is 4.79 Å². The normalized spacial score (nSPS) is 18.8. The van der Waals surface area contributed by atoms with Crippen LogP contribution in [0.1, 0.15) is 49.6 Å². The first-order valence-electron chi connectivity index (χ1n) is 6.28. The van der Waals surface area contributed by atoms with Crippen LogP contribution < -0.4 is 5.32 Å². The zero-order valence-electron chi connectivity index (χ0n) is 10.9. The van der Waals surface area contributed by atoms with Crippen molar-refractivity contribution in [2.24, 2.45) is 0 Å². The van der Waals surface area contributed by atoms with Crippen molar-refractivity contribution >= 4 is 41.6 Å². The van der Waals surface area contributed by atoms with Gasteiger partial charge in [0.05, 0.1) is 0 Å². The van der Waals surface area contributed by atoms with Crippen LogP contribution in [0.25, 0.3) is 0 Å². The van der Waals surface area contributed by atoms with E-state index in [0.29, 0.717) is 0 Å². The molecule has 1 saturated carbocycles. The molecule has 1 aliphatic carbocycles. The lowest BCUT2D eigenvalue weighted by Crippen LogP contribution is -2.47. The van der Waals surface area contributed by atoms with Crippen molar-refractivity contribution in [3.8, 4) is 0 Å². The van der Waals surface area contributed by atoms with Gasteiger partial charge in [-0.25, -0.2) is 8.42 Å². The lowest BCUT2D eigenvalue weighted by atomic mass is 9.83. The quantitative estimate of drug-likeness (QED) is 0.810. The highest BCUT2D eigenvalue weighted by Gasteiger charge is 2.31. The van der Waals surface area contributed by atoms with Crippen LogP contribution >= 0.6 is 26.6 Å². The van der Waals surface area contributed by atoms with E-state index in [-0.39, 0.29) is 20.9 Å². The molecule has 2 rings (SSSR count). The molecule has 20 heavy (non-hydrogen) atoms. The zero-order valence-corrected chi connectivity index (χ0v) is 14.1. The van der Waals surface area contributed by atoms with E-state index in [4.69, 9.17) is 15.1 Å². The highest BCUT2D eigenvalue weighted by Crippen LogP contribution is 2.31. The first kappa shape index (κ1) is 15.9. The third kappa shape index (κ3) is 3.56. The Bertz CT molecular complexity index is 619. The van der Waals surface area contributed by atoms with Gasteiger partial charge < -0.3 is 9.73 Å². The van der Waals surface area contributed by atoms with E-state index in [0.717, 1.165) is 31.7 Å². The molecule has 0 unspecified atom stereocenters. The molecule has 1 heterocycles. The summed E-state index contributed by atoms with van der Waals surface area (Å²) in [5, 5.41) is 2.91. The molecule has 0 aliphatic heterocycles. The SMILES string of the molecule is CC1(NC(=O)c2cc(S(=O)(=O)Cl)c(Br)o2)CCCCC1. The van der Waals surface area contributed by atoms with E-state index in [2.05, 4.69) is 21.2 Å². The van der Waals surface area contributed by atoms with E-state index < -0.39 is 15.0 Å². The summed E-state index contributed by atoms with van der Waals surface area (Å²) >= 11 is 2.95. The molecule has 1 aromatic heterocycles. The lowest BCUT2D eigenvalue weighted by Gasteiger charge is -2.34. The fourth-order valence-corrected chi connectivity index (χ4v) is 4.46. The fourth-order valence-electron chi connectivity index (χ4n) is 2.42. The molecule has 1 aromatic rings. The maximum absolute atomic E-state index is 12.1. The van der Waals surface area contributed by atoms with E-state index >= 15 is 0 Å². The van der Waals surface area contributed by atoms with Crippen LogP contribution in [0.2, 0.25) is 0 Å². The minimum Gasteiger partial charge on any atom is -0.443 e. The van der Waals surface area contributed by atoms with Crippen LogP contribution in [0.4, 0.5) is 0 Å². The van der Waals surface area contributed by atoms with Gasteiger partial charge in [0.15, 0.2) is 10.4 Å². The van der Waals surface area contributed by atoms with Crippen LogP contribution in [0.15, 0.2) is 20.0 Å². The van der Waals surface area contributed by atoms with Crippen molar-refractivity contribution in [1.82, 2.24) is 5.32 Å². The number of carbonyl (C=O) groups is 1. The summed E-state index contributed by atoms with van der Waals surface area (Å²) < 4.78 is 27.6. The van der Waals surface area contributed by atoms with Gasteiger partial charge in [0, 0.05) is 22.3 Å². The Morgan fingerprint density at radius 2 is 2.00 bits per heavy atom. The van der Waals surface area contributed by atoms with Gasteiger partial charge in [0.1, 0.15) is 4.90 Å². The third-order valence-electron chi connectivity index (χ3n) is 3.51. The number of rotatable bonds is 3. The predicted molar refractivity (Wildman–Crippen MR) is 78.4 cm³/mol. The minimum atomic E-state index is -3.94. The second-order valence-corrected chi connectivity index (χ2v) is 8.52. The number of furan rings is 1. The first-order chi connectivity index (χ1) is 9.21. The van der Waals surface area contributed by atoms with Gasteiger partial charge in [-0.1, -0.05) is 19.3 Å². The van der Waals surface area contributed by atoms with Gasteiger partial charge in [-0.05, 0) is 35.7 Å². The number of hydrogen-bond acceptors (Lipinski definition) is 4. The topological polar surface area (TPSA) is 76.4 Å². The number of halogens is 2. The third-order valence-corrected chi connectivity index (χ3v) is 5.69. The summed E-state index contributed by atoms with van der Waals surface area (Å²) in [7, 11) is 1.31. The van der Waals surface area contributed by atoms with Gasteiger partial charge in [-0.2, -0.15) is 0 Å². The van der Waals surface area contributed by atoms with E-state index in [1.807, 2.05) is 6.92 Å². The second-order valence-electron chi connectivity index (χ2n) is 5.26. The molecule has 1 aliphatic rings. The minimum absolute atomic E-state index is 0.0635. The molecule has 1 N–H and O–H groups in total. The summed E-state index contributed by atoms with van der Waals surface area (Å²) in [6.45, 7) is 1.99. The Kier molecular flexibility index (Phi) is 4.51. The predicted octanol–water partition coefficient (Wildman–Crippen LogP) is 3.42. The summed E-state index contributed by atoms with van der Waals surface area (Å²) in [6.07, 6.45) is 5.12. The summed E-state index contributed by atoms with van der Waals surface area (Å²) in [6, 6.07) is 1.13. The number of hydrogen-bond donors (Lipinski definition) is 1. The molecule has 0 atom stereocenters. The molecule has 0 bridgehead atoms. The number of amides is 1. The van der Waals surface area contributed by atoms with Crippen LogP contribution in [0, 0.1) is 0 Å². The van der Waals surface area contributed by atoms with Crippen molar-refractivity contribution in [2.75, 3.05) is 0 Å². The van der Waals surface area contributed by atoms with Crippen LogP contribution in [-0.4, -0.2) is 19.9 Å². The Hall–Kier alpha value is -0.530. The van der Waals surface area contributed by atoms with Gasteiger partial charge >= 0.3 is 0 Å². The molecule has 5 nitrogen and oxygen atoms in total. The molecular weight excluding hydrogens is 370 g/mol. The maximum atomic E-state index is 12.1. The number of nitrogens with one attached hydrogen (secondary N) is 1. The Balaban J connectivity index is 2.18. The van der Waals surface area contributed by atoms with Crippen LogP contribution in [0.3, 0.4) is 0 Å². The lowest BCUT2D eigenvalue weighted by molar-refractivity contribution is 0.0852. The molecule has 1 fully saturated rings. The van der Waals surface area contributed by atoms with Gasteiger partial charge in [0.2, 0.25) is 0 Å². The molecule has 112 valence electrons. The Morgan fingerprint density at radius 3 is 2.50 bits per heavy atom. The van der Waals surface area contributed by atoms with E-state index in [1.54, 1.807) is 0 Å². The highest BCUT2D eigenvalue weighted by atomic mass is 79.9. The highest BCUT2D eigenvalue weighted by molar-refractivity contribution is 9.10. The molecule has 8 heteroatoms. The van der Waals surface area contributed by atoms with E-state index in [9.17, 15) is 13.2 Å². The molecule has 0 radical (unpaired) electrons. The first-order valence-corrected chi connectivity index (χ1v) is 9.38.